The van der Waals surface area contributed by atoms with Crippen LogP contribution in [0.15, 0.2) is 35.7 Å². The second-order valence-corrected chi connectivity index (χ2v) is 4.68. The van der Waals surface area contributed by atoms with Gasteiger partial charge in [0.05, 0.1) is 11.0 Å². The molecule has 3 nitrogen and oxygen atoms in total. The van der Waals surface area contributed by atoms with Gasteiger partial charge in [0.2, 0.25) is 0 Å². The highest BCUT2D eigenvalue weighted by Crippen LogP contribution is 2.12. The van der Waals surface area contributed by atoms with Crippen LogP contribution in [0.2, 0.25) is 0 Å². The summed E-state index contributed by atoms with van der Waals surface area (Å²) < 4.78 is 22.8. The van der Waals surface area contributed by atoms with Gasteiger partial charge < -0.3 is 0 Å². The first-order valence-electron chi connectivity index (χ1n) is 3.92. The molecule has 14 heavy (non-hydrogen) atoms. The Morgan fingerprint density at radius 3 is 2.36 bits per heavy atom. The van der Waals surface area contributed by atoms with Crippen molar-refractivity contribution in [1.82, 2.24) is 0 Å². The number of sulfone groups is 1. The summed E-state index contributed by atoms with van der Waals surface area (Å²) in [4.78, 5) is 0.171. The molecule has 0 radical (unpaired) electrons. The maximum absolute atomic E-state index is 11.4. The van der Waals surface area contributed by atoms with Crippen LogP contribution in [0.25, 0.3) is 6.08 Å². The topological polar surface area (TPSA) is 57.9 Å². The molecule has 0 heterocycles. The standard InChI is InChI=1S/C10H9NO2S/c1-2-9-3-5-10(6-4-9)14(12,13)8-7-11/h2-6H,1,8H2. The third-order valence-electron chi connectivity index (χ3n) is 1.73. The van der Waals surface area contributed by atoms with E-state index in [-0.39, 0.29) is 4.90 Å². The third kappa shape index (κ3) is 2.21. The van der Waals surface area contributed by atoms with Gasteiger partial charge in [-0.1, -0.05) is 24.8 Å². The third-order valence-corrected chi connectivity index (χ3v) is 3.23. The molecule has 0 fully saturated rings. The van der Waals surface area contributed by atoms with Crippen LogP contribution in [0.3, 0.4) is 0 Å². The van der Waals surface area contributed by atoms with Gasteiger partial charge in [-0.15, -0.1) is 0 Å². The molecule has 1 rings (SSSR count). The average Bonchev–Trinajstić information content (AvgIpc) is 2.18. The number of nitriles is 1. The molecule has 0 unspecified atom stereocenters. The molecule has 0 bridgehead atoms. The lowest BCUT2D eigenvalue weighted by atomic mass is 10.2. The summed E-state index contributed by atoms with van der Waals surface area (Å²) in [6, 6.07) is 7.88. The van der Waals surface area contributed by atoms with E-state index in [1.165, 1.54) is 12.1 Å². The second kappa shape index (κ2) is 4.07. The fraction of sp³-hybridized carbons (Fsp3) is 0.100. The van der Waals surface area contributed by atoms with Crippen LogP contribution in [-0.2, 0) is 9.84 Å². The van der Waals surface area contributed by atoms with Gasteiger partial charge in [-0.05, 0) is 17.7 Å². The van der Waals surface area contributed by atoms with E-state index in [2.05, 4.69) is 6.58 Å². The largest absolute Gasteiger partial charge is 0.223 e. The molecule has 0 saturated carbocycles. The summed E-state index contributed by atoms with van der Waals surface area (Å²) in [5.74, 6) is -0.486. The maximum Gasteiger partial charge on any atom is 0.191 e. The van der Waals surface area contributed by atoms with E-state index in [0.29, 0.717) is 0 Å². The van der Waals surface area contributed by atoms with Gasteiger partial charge >= 0.3 is 0 Å². The number of hydrogen-bond donors (Lipinski definition) is 0. The molecular formula is C10H9NO2S. The molecule has 0 aromatic heterocycles. The minimum atomic E-state index is -3.43. The molecule has 0 aliphatic rings. The molecule has 0 spiro atoms. The van der Waals surface area contributed by atoms with Crippen LogP contribution in [0.4, 0.5) is 0 Å². The Labute approximate surface area is 83.2 Å². The van der Waals surface area contributed by atoms with E-state index in [1.54, 1.807) is 24.3 Å². The van der Waals surface area contributed by atoms with Crippen molar-refractivity contribution < 1.29 is 8.42 Å². The van der Waals surface area contributed by atoms with Crippen LogP contribution in [-0.4, -0.2) is 14.2 Å². The van der Waals surface area contributed by atoms with Crippen molar-refractivity contribution in [1.29, 1.82) is 5.26 Å². The highest BCUT2D eigenvalue weighted by Gasteiger charge is 2.12. The van der Waals surface area contributed by atoms with Gasteiger partial charge in [-0.25, -0.2) is 8.42 Å². The lowest BCUT2D eigenvalue weighted by Crippen LogP contribution is -2.04. The first kappa shape index (κ1) is 10.5. The lowest BCUT2D eigenvalue weighted by molar-refractivity contribution is 0.599. The predicted molar refractivity (Wildman–Crippen MR) is 54.2 cm³/mol. The summed E-state index contributed by atoms with van der Waals surface area (Å²) in [5, 5.41) is 8.32. The van der Waals surface area contributed by atoms with Gasteiger partial charge in [-0.2, -0.15) is 5.26 Å². The molecule has 0 atom stereocenters. The van der Waals surface area contributed by atoms with Crippen LogP contribution in [0.5, 0.6) is 0 Å². The van der Waals surface area contributed by atoms with Crippen LogP contribution in [0, 0.1) is 11.3 Å². The van der Waals surface area contributed by atoms with Gasteiger partial charge in [0, 0.05) is 0 Å². The van der Waals surface area contributed by atoms with Crippen molar-refractivity contribution >= 4 is 15.9 Å². The highest BCUT2D eigenvalue weighted by molar-refractivity contribution is 7.91. The van der Waals surface area contributed by atoms with E-state index in [1.807, 2.05) is 0 Å². The van der Waals surface area contributed by atoms with E-state index in [4.69, 9.17) is 5.26 Å². The Hall–Kier alpha value is -1.60. The lowest BCUT2D eigenvalue weighted by Gasteiger charge is -1.99. The molecule has 0 aliphatic heterocycles. The van der Waals surface area contributed by atoms with Crippen LogP contribution < -0.4 is 0 Å². The molecule has 0 saturated heterocycles. The number of hydrogen-bond acceptors (Lipinski definition) is 3. The Morgan fingerprint density at radius 1 is 1.36 bits per heavy atom. The summed E-state index contributed by atoms with van der Waals surface area (Å²) in [6.45, 7) is 3.56. The fourth-order valence-corrected chi connectivity index (χ4v) is 1.87. The Morgan fingerprint density at radius 2 is 1.93 bits per heavy atom. The summed E-state index contributed by atoms with van der Waals surface area (Å²) >= 11 is 0. The second-order valence-electron chi connectivity index (χ2n) is 2.69. The monoisotopic (exact) mass is 207 g/mol. The molecular weight excluding hydrogens is 198 g/mol. The molecule has 1 aromatic carbocycles. The van der Waals surface area contributed by atoms with Crippen molar-refractivity contribution in [2.75, 3.05) is 5.75 Å². The van der Waals surface area contributed by atoms with Crippen LogP contribution >= 0.6 is 0 Å². The average molecular weight is 207 g/mol. The number of nitrogens with zero attached hydrogens (tertiary/aromatic N) is 1. The first-order chi connectivity index (χ1) is 6.60. The van der Waals surface area contributed by atoms with E-state index < -0.39 is 15.6 Å². The molecule has 0 aliphatic carbocycles. The van der Waals surface area contributed by atoms with Crippen molar-refractivity contribution in [3.63, 3.8) is 0 Å². The van der Waals surface area contributed by atoms with Gasteiger partial charge in [0.25, 0.3) is 0 Å². The first-order valence-corrected chi connectivity index (χ1v) is 5.57. The highest BCUT2D eigenvalue weighted by atomic mass is 32.2. The summed E-state index contributed by atoms with van der Waals surface area (Å²) in [6.07, 6.45) is 1.63. The van der Waals surface area contributed by atoms with Gasteiger partial charge in [0.15, 0.2) is 9.84 Å². The number of rotatable bonds is 3. The van der Waals surface area contributed by atoms with E-state index in [9.17, 15) is 8.42 Å². The zero-order chi connectivity index (χ0) is 10.6. The fourth-order valence-electron chi connectivity index (χ4n) is 0.980. The van der Waals surface area contributed by atoms with E-state index in [0.717, 1.165) is 5.56 Å². The minimum Gasteiger partial charge on any atom is -0.223 e. The minimum absolute atomic E-state index is 0.171. The number of benzene rings is 1. The van der Waals surface area contributed by atoms with E-state index >= 15 is 0 Å². The molecule has 0 N–H and O–H groups in total. The van der Waals surface area contributed by atoms with Crippen molar-refractivity contribution in [2.24, 2.45) is 0 Å². The van der Waals surface area contributed by atoms with Crippen molar-refractivity contribution in [3.8, 4) is 6.07 Å². The molecule has 0 amide bonds. The molecule has 1 aromatic rings. The summed E-state index contributed by atoms with van der Waals surface area (Å²) in [5.41, 5.74) is 0.848. The van der Waals surface area contributed by atoms with Gasteiger partial charge in [0.1, 0.15) is 5.75 Å². The molecule has 4 heteroatoms. The van der Waals surface area contributed by atoms with Gasteiger partial charge in [-0.3, -0.25) is 0 Å². The Kier molecular flexibility index (Phi) is 3.05. The van der Waals surface area contributed by atoms with Crippen molar-refractivity contribution in [2.45, 2.75) is 4.90 Å². The quantitative estimate of drug-likeness (QED) is 0.756. The predicted octanol–water partition coefficient (Wildman–Crippen LogP) is 1.63. The molecule has 72 valence electrons. The Balaban J connectivity index is 3.10. The Bertz CT molecular complexity index is 466. The van der Waals surface area contributed by atoms with Crippen LogP contribution in [0.1, 0.15) is 5.56 Å². The zero-order valence-electron chi connectivity index (χ0n) is 7.47. The normalized spacial score (nSPS) is 10.5. The van der Waals surface area contributed by atoms with Crippen molar-refractivity contribution in [3.05, 3.63) is 36.4 Å². The smallest absolute Gasteiger partial charge is 0.191 e. The SMILES string of the molecule is C=Cc1ccc(S(=O)(=O)CC#N)cc1. The maximum atomic E-state index is 11.4. The zero-order valence-corrected chi connectivity index (χ0v) is 8.29. The summed E-state index contributed by atoms with van der Waals surface area (Å²) in [7, 11) is -3.43.